The van der Waals surface area contributed by atoms with Gasteiger partial charge in [0, 0.05) is 22.7 Å². The monoisotopic (exact) mass is 417 g/mol. The molecular formula is C19H14F3N5OS. The number of halogens is 3. The van der Waals surface area contributed by atoms with E-state index < -0.39 is 17.6 Å². The lowest BCUT2D eigenvalue weighted by Crippen LogP contribution is -2.16. The standard InChI is InChI=1S/C19H14F3N5OS/c1-10-17(24-11(2)29-10)18(28)25-15-6-7-23-16-9-14(26-27(15)16)12-4-3-5-13(8-12)19(20,21)22/h3-9H,1-2H3,(H,25,28). The van der Waals surface area contributed by atoms with Gasteiger partial charge in [-0.3, -0.25) is 4.79 Å². The summed E-state index contributed by atoms with van der Waals surface area (Å²) < 4.78 is 40.4. The van der Waals surface area contributed by atoms with Crippen molar-refractivity contribution >= 4 is 28.7 Å². The first-order valence-corrected chi connectivity index (χ1v) is 9.32. The van der Waals surface area contributed by atoms with E-state index in [0.29, 0.717) is 28.4 Å². The van der Waals surface area contributed by atoms with Crippen molar-refractivity contribution in [3.63, 3.8) is 0 Å². The minimum atomic E-state index is -4.45. The highest BCUT2D eigenvalue weighted by atomic mass is 32.1. The van der Waals surface area contributed by atoms with Crippen molar-refractivity contribution in [2.75, 3.05) is 5.32 Å². The largest absolute Gasteiger partial charge is 0.416 e. The molecule has 0 saturated heterocycles. The molecule has 1 aromatic carbocycles. The van der Waals surface area contributed by atoms with Gasteiger partial charge in [-0.15, -0.1) is 11.3 Å². The van der Waals surface area contributed by atoms with Crippen LogP contribution in [0.25, 0.3) is 16.9 Å². The van der Waals surface area contributed by atoms with Crippen LogP contribution in [0.1, 0.15) is 25.9 Å². The highest BCUT2D eigenvalue weighted by molar-refractivity contribution is 7.11. The fraction of sp³-hybridized carbons (Fsp3) is 0.158. The van der Waals surface area contributed by atoms with Gasteiger partial charge < -0.3 is 5.32 Å². The van der Waals surface area contributed by atoms with E-state index in [-0.39, 0.29) is 0 Å². The Labute approximate surface area is 167 Å². The summed E-state index contributed by atoms with van der Waals surface area (Å²) in [7, 11) is 0. The molecule has 0 aliphatic heterocycles. The third kappa shape index (κ3) is 3.70. The fourth-order valence-corrected chi connectivity index (χ4v) is 3.72. The molecule has 10 heteroatoms. The van der Waals surface area contributed by atoms with Gasteiger partial charge in [-0.1, -0.05) is 12.1 Å². The number of hydrogen-bond donors (Lipinski definition) is 1. The summed E-state index contributed by atoms with van der Waals surface area (Å²) in [6.07, 6.45) is -2.96. The molecule has 0 unspecified atom stereocenters. The van der Waals surface area contributed by atoms with Gasteiger partial charge in [-0.2, -0.15) is 22.8 Å². The van der Waals surface area contributed by atoms with Crippen LogP contribution in [0.5, 0.6) is 0 Å². The summed E-state index contributed by atoms with van der Waals surface area (Å²) in [5, 5.41) is 7.85. The molecule has 1 amide bonds. The van der Waals surface area contributed by atoms with Crippen molar-refractivity contribution in [3.05, 3.63) is 63.7 Å². The van der Waals surface area contributed by atoms with Crippen LogP contribution in [0.15, 0.2) is 42.6 Å². The van der Waals surface area contributed by atoms with E-state index in [0.717, 1.165) is 22.0 Å². The SMILES string of the molecule is Cc1nc(C(=O)Nc2ccnc3cc(-c4cccc(C(F)(F)F)c4)nn23)c(C)s1. The highest BCUT2D eigenvalue weighted by Crippen LogP contribution is 2.32. The Morgan fingerprint density at radius 3 is 2.66 bits per heavy atom. The summed E-state index contributed by atoms with van der Waals surface area (Å²) in [6.45, 7) is 3.62. The Morgan fingerprint density at radius 2 is 1.97 bits per heavy atom. The van der Waals surface area contributed by atoms with Crippen molar-refractivity contribution in [3.8, 4) is 11.3 Å². The maximum absolute atomic E-state index is 13.0. The first kappa shape index (κ1) is 19.1. The lowest BCUT2D eigenvalue weighted by Gasteiger charge is -2.07. The summed E-state index contributed by atoms with van der Waals surface area (Å²) in [6, 6.07) is 8.01. The third-order valence-corrected chi connectivity index (χ3v) is 5.09. The predicted molar refractivity (Wildman–Crippen MR) is 103 cm³/mol. The van der Waals surface area contributed by atoms with Gasteiger partial charge in [0.1, 0.15) is 11.5 Å². The lowest BCUT2D eigenvalue weighted by atomic mass is 10.1. The number of rotatable bonds is 3. The molecule has 0 bridgehead atoms. The molecule has 29 heavy (non-hydrogen) atoms. The Balaban J connectivity index is 1.71. The zero-order valence-electron chi connectivity index (χ0n) is 15.3. The molecule has 0 aliphatic carbocycles. The minimum Gasteiger partial charge on any atom is -0.305 e. The molecule has 0 radical (unpaired) electrons. The Hall–Kier alpha value is -3.27. The van der Waals surface area contributed by atoms with Crippen LogP contribution < -0.4 is 5.32 Å². The first-order valence-electron chi connectivity index (χ1n) is 8.50. The van der Waals surface area contributed by atoms with E-state index in [1.807, 2.05) is 6.92 Å². The van der Waals surface area contributed by atoms with Crippen LogP contribution in [-0.4, -0.2) is 25.5 Å². The van der Waals surface area contributed by atoms with Crippen LogP contribution in [0.3, 0.4) is 0 Å². The Kier molecular flexibility index (Phi) is 4.58. The molecule has 3 aromatic heterocycles. The van der Waals surface area contributed by atoms with Gasteiger partial charge in [-0.25, -0.2) is 9.97 Å². The number of alkyl halides is 3. The number of aromatic nitrogens is 4. The number of aryl methyl sites for hydroxylation is 2. The minimum absolute atomic E-state index is 0.300. The molecule has 4 aromatic rings. The van der Waals surface area contributed by atoms with Crippen molar-refractivity contribution < 1.29 is 18.0 Å². The molecule has 6 nitrogen and oxygen atoms in total. The van der Waals surface area contributed by atoms with Gasteiger partial charge in [-0.05, 0) is 32.0 Å². The number of thiazole rings is 1. The summed E-state index contributed by atoms with van der Waals surface area (Å²) in [4.78, 5) is 21.8. The van der Waals surface area contributed by atoms with E-state index in [1.165, 1.54) is 34.2 Å². The maximum Gasteiger partial charge on any atom is 0.416 e. The van der Waals surface area contributed by atoms with E-state index in [2.05, 4.69) is 20.4 Å². The fourth-order valence-electron chi connectivity index (χ4n) is 2.90. The maximum atomic E-state index is 13.0. The summed E-state index contributed by atoms with van der Waals surface area (Å²) in [5.41, 5.74) is 0.562. The number of nitrogens with one attached hydrogen (secondary N) is 1. The molecule has 0 saturated carbocycles. The van der Waals surface area contributed by atoms with Crippen molar-refractivity contribution in [1.29, 1.82) is 0 Å². The first-order chi connectivity index (χ1) is 13.7. The summed E-state index contributed by atoms with van der Waals surface area (Å²) in [5.74, 6) is -0.0567. The molecule has 4 rings (SSSR count). The van der Waals surface area contributed by atoms with Crippen LogP contribution in [-0.2, 0) is 6.18 Å². The Morgan fingerprint density at radius 1 is 1.17 bits per heavy atom. The van der Waals surface area contributed by atoms with Crippen molar-refractivity contribution in [2.45, 2.75) is 20.0 Å². The second-order valence-electron chi connectivity index (χ2n) is 6.30. The third-order valence-electron chi connectivity index (χ3n) is 4.20. The molecule has 0 atom stereocenters. The molecule has 0 aliphatic rings. The second kappa shape index (κ2) is 6.96. The molecule has 1 N–H and O–H groups in total. The number of hydrogen-bond acceptors (Lipinski definition) is 5. The van der Waals surface area contributed by atoms with E-state index in [4.69, 9.17) is 0 Å². The number of carbonyl (C=O) groups excluding carboxylic acids is 1. The number of nitrogens with zero attached hydrogens (tertiary/aromatic N) is 4. The zero-order valence-corrected chi connectivity index (χ0v) is 16.1. The van der Waals surface area contributed by atoms with Crippen LogP contribution in [0.4, 0.5) is 19.0 Å². The van der Waals surface area contributed by atoms with E-state index in [1.54, 1.807) is 19.1 Å². The van der Waals surface area contributed by atoms with Gasteiger partial charge in [0.25, 0.3) is 5.91 Å². The molecular weight excluding hydrogens is 403 g/mol. The van der Waals surface area contributed by atoms with Gasteiger partial charge >= 0.3 is 6.18 Å². The average molecular weight is 417 g/mol. The van der Waals surface area contributed by atoms with E-state index in [9.17, 15) is 18.0 Å². The molecule has 148 valence electrons. The Bertz CT molecular complexity index is 1230. The average Bonchev–Trinajstić information content (AvgIpc) is 3.24. The topological polar surface area (TPSA) is 72.2 Å². The van der Waals surface area contributed by atoms with Gasteiger partial charge in [0.15, 0.2) is 5.65 Å². The van der Waals surface area contributed by atoms with Gasteiger partial charge in [0.05, 0.1) is 16.3 Å². The number of carbonyl (C=O) groups is 1. The van der Waals surface area contributed by atoms with Crippen molar-refractivity contribution in [1.82, 2.24) is 19.6 Å². The number of benzene rings is 1. The smallest absolute Gasteiger partial charge is 0.305 e. The predicted octanol–water partition coefficient (Wildman–Crippen LogP) is 4.74. The van der Waals surface area contributed by atoms with Gasteiger partial charge in [0.2, 0.25) is 0 Å². The van der Waals surface area contributed by atoms with Crippen LogP contribution in [0.2, 0.25) is 0 Å². The van der Waals surface area contributed by atoms with E-state index >= 15 is 0 Å². The number of anilines is 1. The highest BCUT2D eigenvalue weighted by Gasteiger charge is 2.30. The zero-order chi connectivity index (χ0) is 20.8. The van der Waals surface area contributed by atoms with Crippen molar-refractivity contribution in [2.24, 2.45) is 0 Å². The van der Waals surface area contributed by atoms with Crippen LogP contribution in [0, 0.1) is 13.8 Å². The number of fused-ring (bicyclic) bond motifs is 1. The second-order valence-corrected chi connectivity index (χ2v) is 7.71. The number of amides is 1. The molecule has 0 fully saturated rings. The lowest BCUT2D eigenvalue weighted by molar-refractivity contribution is -0.137. The normalized spacial score (nSPS) is 11.8. The molecule has 0 spiro atoms. The molecule has 3 heterocycles. The summed E-state index contributed by atoms with van der Waals surface area (Å²) >= 11 is 1.42. The quantitative estimate of drug-likeness (QED) is 0.523. The van der Waals surface area contributed by atoms with Crippen LogP contribution >= 0.6 is 11.3 Å².